The SMILES string of the molecule is CCc1cc(C#N)cc(F)c1N(CC)c1cc2c(ncn2C)c(C(N)=O)n1. The van der Waals surface area contributed by atoms with Crippen molar-refractivity contribution in [3.05, 3.63) is 47.2 Å². The van der Waals surface area contributed by atoms with E-state index < -0.39 is 11.7 Å². The predicted molar refractivity (Wildman–Crippen MR) is 100 cm³/mol. The summed E-state index contributed by atoms with van der Waals surface area (Å²) < 4.78 is 16.6. The minimum atomic E-state index is -0.701. The Hall–Kier alpha value is -3.47. The minimum Gasteiger partial charge on any atom is -0.364 e. The smallest absolute Gasteiger partial charge is 0.269 e. The molecule has 2 N–H and O–H groups in total. The van der Waals surface area contributed by atoms with Crippen LogP contribution in [0.1, 0.15) is 35.5 Å². The Kier molecular flexibility index (Phi) is 4.77. The number of nitrogens with zero attached hydrogens (tertiary/aromatic N) is 5. The van der Waals surface area contributed by atoms with Gasteiger partial charge >= 0.3 is 0 Å². The molecule has 8 heteroatoms. The maximum atomic E-state index is 14.9. The van der Waals surface area contributed by atoms with E-state index in [1.807, 2.05) is 19.9 Å². The number of amides is 1. The summed E-state index contributed by atoms with van der Waals surface area (Å²) in [6.45, 7) is 4.15. The number of halogens is 1. The number of pyridine rings is 1. The van der Waals surface area contributed by atoms with Crippen LogP contribution in [0.3, 0.4) is 0 Å². The van der Waals surface area contributed by atoms with Crippen molar-refractivity contribution in [1.29, 1.82) is 5.26 Å². The van der Waals surface area contributed by atoms with Crippen LogP contribution in [0.25, 0.3) is 11.0 Å². The van der Waals surface area contributed by atoms with Gasteiger partial charge in [0.15, 0.2) is 5.69 Å². The van der Waals surface area contributed by atoms with Gasteiger partial charge in [0.2, 0.25) is 0 Å². The van der Waals surface area contributed by atoms with E-state index >= 15 is 0 Å². The zero-order chi connectivity index (χ0) is 19.7. The molecule has 0 saturated heterocycles. The molecule has 1 amide bonds. The molecule has 0 bridgehead atoms. The van der Waals surface area contributed by atoms with Gasteiger partial charge in [0.25, 0.3) is 5.91 Å². The van der Waals surface area contributed by atoms with E-state index in [2.05, 4.69) is 9.97 Å². The number of carbonyl (C=O) groups is 1. The third kappa shape index (κ3) is 3.08. The van der Waals surface area contributed by atoms with E-state index in [9.17, 15) is 9.18 Å². The molecule has 0 aliphatic heterocycles. The molecule has 0 radical (unpaired) electrons. The minimum absolute atomic E-state index is 0.0358. The first kappa shape index (κ1) is 18.3. The van der Waals surface area contributed by atoms with Crippen LogP contribution in [0.15, 0.2) is 24.5 Å². The van der Waals surface area contributed by atoms with Crippen molar-refractivity contribution in [1.82, 2.24) is 14.5 Å². The van der Waals surface area contributed by atoms with Crippen LogP contribution in [0.5, 0.6) is 0 Å². The Morgan fingerprint density at radius 1 is 1.37 bits per heavy atom. The van der Waals surface area contributed by atoms with E-state index in [0.29, 0.717) is 41.1 Å². The molecule has 3 aromatic rings. The molecule has 1 aromatic carbocycles. The molecule has 0 saturated carbocycles. The number of nitriles is 1. The Bertz CT molecular complexity index is 1080. The summed E-state index contributed by atoms with van der Waals surface area (Å²) in [5.41, 5.74) is 7.87. The van der Waals surface area contributed by atoms with Crippen LogP contribution in [0.2, 0.25) is 0 Å². The van der Waals surface area contributed by atoms with Gasteiger partial charge in [-0.25, -0.2) is 14.4 Å². The van der Waals surface area contributed by atoms with Crippen LogP contribution < -0.4 is 10.6 Å². The summed E-state index contributed by atoms with van der Waals surface area (Å²) in [7, 11) is 1.79. The number of fused-ring (bicyclic) bond motifs is 1. The Morgan fingerprint density at radius 3 is 2.70 bits per heavy atom. The third-order valence-electron chi connectivity index (χ3n) is 4.45. The number of rotatable bonds is 5. The first-order valence-electron chi connectivity index (χ1n) is 8.53. The second-order valence-corrected chi connectivity index (χ2v) is 6.09. The number of carbonyl (C=O) groups excluding carboxylic acids is 1. The van der Waals surface area contributed by atoms with E-state index in [1.54, 1.807) is 35.0 Å². The van der Waals surface area contributed by atoms with Crippen LogP contribution >= 0.6 is 0 Å². The summed E-state index contributed by atoms with van der Waals surface area (Å²) in [6.07, 6.45) is 2.10. The van der Waals surface area contributed by atoms with E-state index in [0.717, 1.165) is 0 Å². The Balaban J connectivity index is 2.27. The van der Waals surface area contributed by atoms with Crippen molar-refractivity contribution in [3.63, 3.8) is 0 Å². The number of aryl methyl sites for hydroxylation is 2. The van der Waals surface area contributed by atoms with Crippen LogP contribution in [0.4, 0.5) is 15.9 Å². The normalized spacial score (nSPS) is 10.8. The van der Waals surface area contributed by atoms with E-state index in [-0.39, 0.29) is 11.3 Å². The number of hydrogen-bond donors (Lipinski definition) is 1. The highest BCUT2D eigenvalue weighted by Crippen LogP contribution is 2.33. The van der Waals surface area contributed by atoms with Crippen LogP contribution in [-0.2, 0) is 13.5 Å². The number of nitrogens with two attached hydrogens (primary N) is 1. The largest absolute Gasteiger partial charge is 0.364 e. The van der Waals surface area contributed by atoms with E-state index in [1.165, 1.54) is 6.07 Å². The zero-order valence-electron chi connectivity index (χ0n) is 15.3. The quantitative estimate of drug-likeness (QED) is 0.748. The summed E-state index contributed by atoms with van der Waals surface area (Å²) in [5.74, 6) is -0.825. The molecule has 3 rings (SSSR count). The molecule has 2 heterocycles. The molecule has 0 aliphatic carbocycles. The second kappa shape index (κ2) is 7.03. The number of anilines is 2. The van der Waals surface area contributed by atoms with Crippen LogP contribution in [-0.4, -0.2) is 27.0 Å². The molecule has 0 spiro atoms. The highest BCUT2D eigenvalue weighted by molar-refractivity contribution is 6.03. The number of imidazole rings is 1. The van der Waals surface area contributed by atoms with Crippen molar-refractivity contribution < 1.29 is 9.18 Å². The lowest BCUT2D eigenvalue weighted by atomic mass is 10.0. The first-order chi connectivity index (χ1) is 12.9. The summed E-state index contributed by atoms with van der Waals surface area (Å²) in [4.78, 5) is 22.1. The van der Waals surface area contributed by atoms with Gasteiger partial charge in [0.1, 0.15) is 17.2 Å². The number of hydrogen-bond acceptors (Lipinski definition) is 5. The second-order valence-electron chi connectivity index (χ2n) is 6.09. The lowest BCUT2D eigenvalue weighted by molar-refractivity contribution is 0.0997. The zero-order valence-corrected chi connectivity index (χ0v) is 15.3. The molecule has 27 heavy (non-hydrogen) atoms. The van der Waals surface area contributed by atoms with Gasteiger partial charge in [-0.1, -0.05) is 6.92 Å². The highest BCUT2D eigenvalue weighted by atomic mass is 19.1. The molecular weight excluding hydrogens is 347 g/mol. The molecule has 138 valence electrons. The molecule has 7 nitrogen and oxygen atoms in total. The number of primary amides is 1. The van der Waals surface area contributed by atoms with Crippen molar-refractivity contribution in [3.8, 4) is 6.07 Å². The average Bonchev–Trinajstić information content (AvgIpc) is 3.03. The predicted octanol–water partition coefficient (Wildman–Crippen LogP) is 2.80. The Morgan fingerprint density at radius 2 is 2.11 bits per heavy atom. The van der Waals surface area contributed by atoms with Crippen LogP contribution in [0, 0.1) is 17.1 Å². The monoisotopic (exact) mass is 366 g/mol. The maximum Gasteiger partial charge on any atom is 0.269 e. The average molecular weight is 366 g/mol. The molecule has 0 unspecified atom stereocenters. The molecule has 0 atom stereocenters. The Labute approximate surface area is 155 Å². The standard InChI is InChI=1S/C19H19FN6O/c1-4-12-6-11(9-21)7-13(20)18(12)26(5-2)15-8-14-16(23-10-25(14)3)17(24-15)19(22)27/h6-8,10H,4-5H2,1-3H3,(H2,22,27). The fourth-order valence-electron chi connectivity index (χ4n) is 3.15. The van der Waals surface area contributed by atoms with Gasteiger partial charge in [-0.05, 0) is 31.0 Å². The lowest BCUT2D eigenvalue weighted by Gasteiger charge is -2.26. The molecule has 0 fully saturated rings. The summed E-state index contributed by atoms with van der Waals surface area (Å²) >= 11 is 0. The van der Waals surface area contributed by atoms with Crippen molar-refractivity contribution in [2.75, 3.05) is 11.4 Å². The topological polar surface area (TPSA) is 101 Å². The van der Waals surface area contributed by atoms with Gasteiger partial charge in [-0.3, -0.25) is 4.79 Å². The fourth-order valence-corrected chi connectivity index (χ4v) is 3.15. The van der Waals surface area contributed by atoms with Gasteiger partial charge in [-0.2, -0.15) is 5.26 Å². The summed E-state index contributed by atoms with van der Waals surface area (Å²) in [6, 6.07) is 6.59. The molecule has 2 aromatic heterocycles. The van der Waals surface area contributed by atoms with Gasteiger partial charge in [0, 0.05) is 19.7 Å². The van der Waals surface area contributed by atoms with Gasteiger partial charge < -0.3 is 15.2 Å². The lowest BCUT2D eigenvalue weighted by Crippen LogP contribution is -2.23. The molecular formula is C19H19FN6O. The first-order valence-corrected chi connectivity index (χ1v) is 8.53. The number of benzene rings is 1. The maximum absolute atomic E-state index is 14.9. The van der Waals surface area contributed by atoms with Crippen molar-refractivity contribution >= 4 is 28.4 Å². The van der Waals surface area contributed by atoms with Crippen molar-refractivity contribution in [2.45, 2.75) is 20.3 Å². The third-order valence-corrected chi connectivity index (χ3v) is 4.45. The highest BCUT2D eigenvalue weighted by Gasteiger charge is 2.22. The summed E-state index contributed by atoms with van der Waals surface area (Å²) in [5, 5.41) is 9.10. The van der Waals surface area contributed by atoms with Crippen molar-refractivity contribution in [2.24, 2.45) is 12.8 Å². The fraction of sp³-hybridized carbons (Fsp3) is 0.263. The molecule has 0 aliphatic rings. The number of aromatic nitrogens is 3. The van der Waals surface area contributed by atoms with E-state index in [4.69, 9.17) is 11.0 Å². The van der Waals surface area contributed by atoms with Gasteiger partial charge in [0.05, 0.1) is 29.2 Å². The van der Waals surface area contributed by atoms with Gasteiger partial charge in [-0.15, -0.1) is 0 Å².